The highest BCUT2D eigenvalue weighted by Gasteiger charge is 2.11. The number of methoxy groups -OCH3 is 1. The second kappa shape index (κ2) is 4.96. The van der Waals surface area contributed by atoms with Crippen LogP contribution in [-0.4, -0.2) is 22.8 Å². The Labute approximate surface area is 105 Å². The van der Waals surface area contributed by atoms with Crippen LogP contribution in [0.1, 0.15) is 21.6 Å². The maximum Gasteiger partial charge on any atom is 0.337 e. The van der Waals surface area contributed by atoms with Crippen molar-refractivity contribution < 1.29 is 14.6 Å². The fourth-order valence-corrected chi connectivity index (χ4v) is 1.92. The molecule has 0 saturated heterocycles. The van der Waals surface area contributed by atoms with E-state index in [1.54, 1.807) is 19.4 Å². The molecule has 0 atom stereocenters. The monoisotopic (exact) mass is 245 g/mol. The normalized spacial score (nSPS) is 10.3. The first kappa shape index (κ1) is 12.2. The Hall–Kier alpha value is -2.23. The van der Waals surface area contributed by atoms with Gasteiger partial charge in [-0.3, -0.25) is 0 Å². The third-order valence-electron chi connectivity index (χ3n) is 2.96. The molecule has 4 nitrogen and oxygen atoms in total. The minimum absolute atomic E-state index is 0.345. The third-order valence-corrected chi connectivity index (χ3v) is 2.96. The first-order valence-corrected chi connectivity index (χ1v) is 5.64. The van der Waals surface area contributed by atoms with E-state index in [1.165, 1.54) is 0 Å². The van der Waals surface area contributed by atoms with E-state index in [0.717, 1.165) is 17.0 Å². The number of aromatic carboxylic acids is 1. The van der Waals surface area contributed by atoms with E-state index in [-0.39, 0.29) is 0 Å². The van der Waals surface area contributed by atoms with Crippen LogP contribution in [-0.2, 0) is 6.54 Å². The first-order chi connectivity index (χ1) is 8.61. The third kappa shape index (κ3) is 2.37. The molecule has 0 bridgehead atoms. The van der Waals surface area contributed by atoms with Gasteiger partial charge < -0.3 is 14.4 Å². The summed E-state index contributed by atoms with van der Waals surface area (Å²) in [4.78, 5) is 11.0. The van der Waals surface area contributed by atoms with E-state index in [9.17, 15) is 4.79 Å². The molecule has 0 aliphatic heterocycles. The summed E-state index contributed by atoms with van der Waals surface area (Å²) >= 11 is 0. The van der Waals surface area contributed by atoms with Gasteiger partial charge in [0.1, 0.15) is 5.75 Å². The molecule has 4 heteroatoms. The fourth-order valence-electron chi connectivity index (χ4n) is 1.92. The molecule has 0 amide bonds. The molecular formula is C14H15NO3. The van der Waals surface area contributed by atoms with Gasteiger partial charge in [0.05, 0.1) is 12.7 Å². The summed E-state index contributed by atoms with van der Waals surface area (Å²) in [5.41, 5.74) is 2.17. The van der Waals surface area contributed by atoms with Crippen LogP contribution in [0.2, 0.25) is 0 Å². The van der Waals surface area contributed by atoms with Gasteiger partial charge in [-0.25, -0.2) is 4.79 Å². The number of hydrogen-bond acceptors (Lipinski definition) is 2. The van der Waals surface area contributed by atoms with E-state index < -0.39 is 5.97 Å². The van der Waals surface area contributed by atoms with E-state index in [2.05, 4.69) is 0 Å². The van der Waals surface area contributed by atoms with Gasteiger partial charge >= 0.3 is 5.97 Å². The smallest absolute Gasteiger partial charge is 0.337 e. The summed E-state index contributed by atoms with van der Waals surface area (Å²) in [6.45, 7) is 2.44. The lowest BCUT2D eigenvalue weighted by Crippen LogP contribution is -2.04. The quantitative estimate of drug-likeness (QED) is 0.900. The van der Waals surface area contributed by atoms with E-state index >= 15 is 0 Å². The maximum atomic E-state index is 11.0. The van der Waals surface area contributed by atoms with Crippen molar-refractivity contribution in [3.63, 3.8) is 0 Å². The summed E-state index contributed by atoms with van der Waals surface area (Å²) < 4.78 is 7.08. The highest BCUT2D eigenvalue weighted by Crippen LogP contribution is 2.16. The molecule has 1 heterocycles. The zero-order valence-electron chi connectivity index (χ0n) is 10.4. The molecule has 0 radical (unpaired) electrons. The number of carbonyl (C=O) groups is 1. The number of ether oxygens (including phenoxy) is 1. The van der Waals surface area contributed by atoms with Gasteiger partial charge in [0.25, 0.3) is 0 Å². The maximum absolute atomic E-state index is 11.0. The summed E-state index contributed by atoms with van der Waals surface area (Å²) in [6.07, 6.45) is 1.79. The number of nitrogens with zero attached hydrogens (tertiary/aromatic N) is 1. The van der Waals surface area contributed by atoms with Crippen LogP contribution in [0, 0.1) is 6.92 Å². The topological polar surface area (TPSA) is 51.5 Å². The van der Waals surface area contributed by atoms with Crippen LogP contribution in [0.4, 0.5) is 0 Å². The Bertz CT molecular complexity index is 572. The zero-order chi connectivity index (χ0) is 13.1. The van der Waals surface area contributed by atoms with Crippen LogP contribution < -0.4 is 4.74 Å². The molecule has 1 N–H and O–H groups in total. The van der Waals surface area contributed by atoms with Crippen molar-refractivity contribution in [3.05, 3.63) is 53.3 Å². The predicted molar refractivity (Wildman–Crippen MR) is 68.2 cm³/mol. The van der Waals surface area contributed by atoms with E-state index in [4.69, 9.17) is 9.84 Å². The lowest BCUT2D eigenvalue weighted by Gasteiger charge is -2.08. The van der Waals surface area contributed by atoms with Crippen LogP contribution in [0.5, 0.6) is 5.75 Å². The minimum atomic E-state index is -0.892. The molecule has 0 aliphatic rings. The number of hydrogen-bond donors (Lipinski definition) is 1. The first-order valence-electron chi connectivity index (χ1n) is 5.64. The highest BCUT2D eigenvalue weighted by molar-refractivity contribution is 5.88. The highest BCUT2D eigenvalue weighted by atomic mass is 16.5. The van der Waals surface area contributed by atoms with E-state index in [0.29, 0.717) is 12.1 Å². The summed E-state index contributed by atoms with van der Waals surface area (Å²) in [5.74, 6) is -0.0901. The van der Waals surface area contributed by atoms with Crippen molar-refractivity contribution >= 4 is 5.97 Å². The fraction of sp³-hybridized carbons (Fsp3) is 0.214. The van der Waals surface area contributed by atoms with Crippen LogP contribution in [0.25, 0.3) is 0 Å². The predicted octanol–water partition coefficient (Wildman–Crippen LogP) is 2.55. The molecular weight excluding hydrogens is 230 g/mol. The van der Waals surface area contributed by atoms with Gasteiger partial charge in [-0.15, -0.1) is 0 Å². The second-order valence-corrected chi connectivity index (χ2v) is 4.10. The number of carboxylic acid groups (broad SMARTS) is 1. The van der Waals surface area contributed by atoms with E-state index in [1.807, 2.05) is 35.8 Å². The zero-order valence-corrected chi connectivity index (χ0v) is 10.4. The molecule has 18 heavy (non-hydrogen) atoms. The van der Waals surface area contributed by atoms with Gasteiger partial charge in [-0.2, -0.15) is 0 Å². The van der Waals surface area contributed by atoms with Gasteiger partial charge in [0.15, 0.2) is 0 Å². The Morgan fingerprint density at radius 3 is 2.78 bits per heavy atom. The second-order valence-electron chi connectivity index (χ2n) is 4.10. The van der Waals surface area contributed by atoms with Gasteiger partial charge in [0.2, 0.25) is 0 Å². The Morgan fingerprint density at radius 2 is 2.17 bits per heavy atom. The number of benzene rings is 1. The number of carboxylic acids is 1. The standard InChI is InChI=1S/C14H15NO3/c1-10-13(14(16)17)6-7-15(10)9-11-4-3-5-12(8-11)18-2/h3-8H,9H2,1-2H3,(H,16,17). The van der Waals surface area contributed by atoms with Crippen molar-refractivity contribution in [1.82, 2.24) is 4.57 Å². The average Bonchev–Trinajstić information content (AvgIpc) is 2.71. The molecule has 0 fully saturated rings. The lowest BCUT2D eigenvalue weighted by atomic mass is 10.2. The van der Waals surface area contributed by atoms with Crippen molar-refractivity contribution in [3.8, 4) is 5.75 Å². The molecule has 94 valence electrons. The van der Waals surface area contributed by atoms with Gasteiger partial charge in [-0.1, -0.05) is 12.1 Å². The Morgan fingerprint density at radius 1 is 1.39 bits per heavy atom. The summed E-state index contributed by atoms with van der Waals surface area (Å²) in [6, 6.07) is 9.36. The largest absolute Gasteiger partial charge is 0.497 e. The molecule has 2 aromatic rings. The van der Waals surface area contributed by atoms with Gasteiger partial charge in [0, 0.05) is 18.4 Å². The van der Waals surface area contributed by atoms with Crippen molar-refractivity contribution in [2.45, 2.75) is 13.5 Å². The lowest BCUT2D eigenvalue weighted by molar-refractivity contribution is 0.0696. The molecule has 0 unspecified atom stereocenters. The molecule has 0 aliphatic carbocycles. The molecule has 1 aromatic heterocycles. The Balaban J connectivity index is 2.26. The SMILES string of the molecule is COc1cccc(Cn2ccc(C(=O)O)c2C)c1. The van der Waals surface area contributed by atoms with Gasteiger partial charge in [-0.05, 0) is 30.7 Å². The van der Waals surface area contributed by atoms with Crippen LogP contribution in [0.3, 0.4) is 0 Å². The van der Waals surface area contributed by atoms with Crippen molar-refractivity contribution in [2.75, 3.05) is 7.11 Å². The molecule has 2 rings (SSSR count). The summed E-state index contributed by atoms with van der Waals surface area (Å²) in [5, 5.41) is 8.99. The molecule has 0 saturated carbocycles. The van der Waals surface area contributed by atoms with Crippen molar-refractivity contribution in [1.29, 1.82) is 0 Å². The van der Waals surface area contributed by atoms with Crippen LogP contribution >= 0.6 is 0 Å². The molecule has 0 spiro atoms. The minimum Gasteiger partial charge on any atom is -0.497 e. The van der Waals surface area contributed by atoms with Crippen molar-refractivity contribution in [2.24, 2.45) is 0 Å². The average molecular weight is 245 g/mol. The van der Waals surface area contributed by atoms with Crippen LogP contribution in [0.15, 0.2) is 36.5 Å². The Kier molecular flexibility index (Phi) is 3.37. The summed E-state index contributed by atoms with van der Waals surface area (Å²) in [7, 11) is 1.63. The molecule has 1 aromatic carbocycles. The number of rotatable bonds is 4. The number of aromatic nitrogens is 1.